The number of hydrogen-bond donors (Lipinski definition) is 2. The first-order valence-corrected chi connectivity index (χ1v) is 14.0. The smallest absolute Gasteiger partial charge is 0.312 e. The van der Waals surface area contributed by atoms with Crippen LogP contribution in [0.1, 0.15) is 28.7 Å². The lowest BCUT2D eigenvalue weighted by atomic mass is 10.1. The molecule has 0 unspecified atom stereocenters. The summed E-state index contributed by atoms with van der Waals surface area (Å²) in [6.45, 7) is 4.52. The molecule has 0 bridgehead atoms. The summed E-state index contributed by atoms with van der Waals surface area (Å²) >= 11 is 0. The largest absolute Gasteiger partial charge is 0.328 e. The Morgan fingerprint density at radius 3 is 2.58 bits per heavy atom. The van der Waals surface area contributed by atoms with E-state index in [-0.39, 0.29) is 24.6 Å². The van der Waals surface area contributed by atoms with Crippen molar-refractivity contribution in [1.29, 1.82) is 0 Å². The molecule has 5 rings (SSSR count). The topological polar surface area (TPSA) is 121 Å². The van der Waals surface area contributed by atoms with Gasteiger partial charge in [0.15, 0.2) is 0 Å². The van der Waals surface area contributed by atoms with Crippen molar-refractivity contribution >= 4 is 38.2 Å². The number of aromatic amines is 1. The molecule has 196 valence electrons. The normalized spacial score (nSPS) is 13.1. The van der Waals surface area contributed by atoms with Crippen molar-refractivity contribution in [2.75, 3.05) is 16.2 Å². The highest BCUT2D eigenvalue weighted by Crippen LogP contribution is 2.31. The fourth-order valence-corrected chi connectivity index (χ4v) is 6.04. The molecule has 0 saturated carbocycles. The lowest BCUT2D eigenvalue weighted by Crippen LogP contribution is -2.34. The van der Waals surface area contributed by atoms with Crippen molar-refractivity contribution in [3.63, 3.8) is 0 Å². The Balaban J connectivity index is 1.28. The summed E-state index contributed by atoms with van der Waals surface area (Å²) < 4.78 is 29.6. The molecule has 10 heteroatoms. The number of carbonyl (C=O) groups is 1. The summed E-state index contributed by atoms with van der Waals surface area (Å²) in [5, 5.41) is 0.388. The van der Waals surface area contributed by atoms with Gasteiger partial charge in [0.2, 0.25) is 15.9 Å². The summed E-state index contributed by atoms with van der Waals surface area (Å²) in [6.07, 6.45) is 0.662. The molecule has 1 aromatic heterocycles. The fraction of sp³-hybridized carbons (Fsp3) is 0.250. The van der Waals surface area contributed by atoms with Crippen LogP contribution in [0, 0.1) is 13.8 Å². The third-order valence-corrected chi connectivity index (χ3v) is 8.19. The van der Waals surface area contributed by atoms with Crippen LogP contribution in [-0.2, 0) is 33.5 Å². The fourth-order valence-electron chi connectivity index (χ4n) is 4.86. The molecule has 0 radical (unpaired) electrons. The summed E-state index contributed by atoms with van der Waals surface area (Å²) in [5.74, 6) is -0.289. The lowest BCUT2D eigenvalue weighted by Gasteiger charge is -2.18. The summed E-state index contributed by atoms with van der Waals surface area (Å²) in [6, 6.07) is 17.6. The minimum absolute atomic E-state index is 0.0692. The number of benzene rings is 3. The molecular weight excluding hydrogens is 504 g/mol. The molecule has 2 N–H and O–H groups in total. The van der Waals surface area contributed by atoms with Gasteiger partial charge in [0.05, 0.1) is 16.7 Å². The molecule has 0 saturated heterocycles. The third kappa shape index (κ3) is 5.12. The van der Waals surface area contributed by atoms with Gasteiger partial charge in [-0.15, -0.1) is 0 Å². The van der Waals surface area contributed by atoms with E-state index >= 15 is 0 Å². The molecule has 3 aromatic carbocycles. The molecule has 1 aliphatic heterocycles. The number of para-hydroxylation sites is 1. The van der Waals surface area contributed by atoms with Gasteiger partial charge in [-0.2, -0.15) is 0 Å². The van der Waals surface area contributed by atoms with Gasteiger partial charge in [0, 0.05) is 30.9 Å². The molecule has 4 aromatic rings. The average Bonchev–Trinajstić information content (AvgIpc) is 3.29. The Morgan fingerprint density at radius 2 is 1.79 bits per heavy atom. The average molecular weight is 533 g/mol. The predicted octanol–water partition coefficient (Wildman–Crippen LogP) is 3.23. The molecule has 0 fully saturated rings. The van der Waals surface area contributed by atoms with Crippen LogP contribution >= 0.6 is 0 Å². The Labute approximate surface area is 219 Å². The third-order valence-electron chi connectivity index (χ3n) is 6.93. The highest BCUT2D eigenvalue weighted by atomic mass is 32.2. The second-order valence-corrected chi connectivity index (χ2v) is 11.3. The van der Waals surface area contributed by atoms with Gasteiger partial charge >= 0.3 is 5.69 Å². The molecule has 38 heavy (non-hydrogen) atoms. The number of rotatable bonds is 7. The Morgan fingerprint density at radius 1 is 1.00 bits per heavy atom. The van der Waals surface area contributed by atoms with E-state index in [1.807, 2.05) is 32.0 Å². The molecule has 0 aliphatic carbocycles. The van der Waals surface area contributed by atoms with E-state index in [4.69, 9.17) is 0 Å². The second-order valence-electron chi connectivity index (χ2n) is 9.60. The minimum Gasteiger partial charge on any atom is -0.312 e. The first-order chi connectivity index (χ1) is 18.1. The number of anilines is 2. The van der Waals surface area contributed by atoms with E-state index in [0.29, 0.717) is 35.1 Å². The van der Waals surface area contributed by atoms with Gasteiger partial charge in [-0.3, -0.25) is 23.9 Å². The van der Waals surface area contributed by atoms with Crippen LogP contribution in [-0.4, -0.2) is 30.4 Å². The van der Waals surface area contributed by atoms with Gasteiger partial charge in [-0.05, 0) is 72.9 Å². The lowest BCUT2D eigenvalue weighted by molar-refractivity contribution is -0.118. The van der Waals surface area contributed by atoms with Crippen molar-refractivity contribution < 1.29 is 13.2 Å². The molecule has 9 nitrogen and oxygen atoms in total. The van der Waals surface area contributed by atoms with E-state index in [9.17, 15) is 22.8 Å². The summed E-state index contributed by atoms with van der Waals surface area (Å²) in [5.41, 5.74) is 4.38. The highest BCUT2D eigenvalue weighted by Gasteiger charge is 2.25. The van der Waals surface area contributed by atoms with Crippen molar-refractivity contribution in [2.24, 2.45) is 0 Å². The van der Waals surface area contributed by atoms with Gasteiger partial charge in [0.25, 0.3) is 5.56 Å². The van der Waals surface area contributed by atoms with E-state index in [1.165, 1.54) is 4.57 Å². The second kappa shape index (κ2) is 9.94. The number of amides is 1. The number of H-pyrrole nitrogens is 1. The van der Waals surface area contributed by atoms with Crippen molar-refractivity contribution in [3.8, 4) is 0 Å². The number of carbonyl (C=O) groups excluding carboxylic acids is 1. The zero-order chi connectivity index (χ0) is 27.0. The van der Waals surface area contributed by atoms with Gasteiger partial charge in [-0.25, -0.2) is 13.2 Å². The van der Waals surface area contributed by atoms with E-state index in [0.717, 1.165) is 22.4 Å². The van der Waals surface area contributed by atoms with Crippen LogP contribution in [0.25, 0.3) is 10.9 Å². The molecule has 0 spiro atoms. The number of nitrogens with zero attached hydrogens (tertiary/aromatic N) is 2. The molecule has 1 amide bonds. The van der Waals surface area contributed by atoms with Crippen LogP contribution in [0.15, 0.2) is 70.3 Å². The van der Waals surface area contributed by atoms with Gasteiger partial charge < -0.3 is 4.90 Å². The minimum atomic E-state index is -3.62. The Bertz CT molecular complexity index is 1790. The van der Waals surface area contributed by atoms with Crippen molar-refractivity contribution in [3.05, 3.63) is 104 Å². The molecular formula is C28H28N4O5S. The number of sulfonamides is 1. The Kier molecular flexibility index (Phi) is 6.66. The van der Waals surface area contributed by atoms with E-state index < -0.39 is 21.3 Å². The number of aromatic nitrogens is 2. The first kappa shape index (κ1) is 25.5. The van der Waals surface area contributed by atoms with E-state index in [2.05, 4.69) is 9.71 Å². The van der Waals surface area contributed by atoms with Crippen molar-refractivity contribution in [1.82, 2.24) is 9.55 Å². The zero-order valence-electron chi connectivity index (χ0n) is 21.2. The first-order valence-electron chi connectivity index (χ1n) is 12.3. The molecule has 2 heterocycles. The maximum atomic E-state index is 13.1. The summed E-state index contributed by atoms with van der Waals surface area (Å²) in [7, 11) is -3.62. The molecule has 1 aliphatic rings. The van der Waals surface area contributed by atoms with Crippen LogP contribution < -0.4 is 20.9 Å². The van der Waals surface area contributed by atoms with Crippen LogP contribution in [0.4, 0.5) is 11.4 Å². The summed E-state index contributed by atoms with van der Waals surface area (Å²) in [4.78, 5) is 41.5. The standard InChI is InChI=1S/C28H28N4O5S/c1-18-7-8-20(15-19(18)2)17-38(36,37)30-22-9-10-24-21(16-22)11-13-31(24)26(33)12-14-32-25-6-4-3-5-23(25)27(34)29-28(32)35/h3-10,15-16,30H,11-14,17H2,1-2H3,(H,29,34,35). The maximum Gasteiger partial charge on any atom is 0.328 e. The molecule has 0 atom stereocenters. The predicted molar refractivity (Wildman–Crippen MR) is 148 cm³/mol. The quantitative estimate of drug-likeness (QED) is 0.379. The van der Waals surface area contributed by atoms with Gasteiger partial charge in [0.1, 0.15) is 0 Å². The Hall–Kier alpha value is -4.18. The van der Waals surface area contributed by atoms with E-state index in [1.54, 1.807) is 47.4 Å². The monoisotopic (exact) mass is 532 g/mol. The number of aryl methyl sites for hydroxylation is 3. The van der Waals surface area contributed by atoms with Crippen LogP contribution in [0.3, 0.4) is 0 Å². The van der Waals surface area contributed by atoms with Gasteiger partial charge in [-0.1, -0.05) is 30.3 Å². The number of nitrogens with one attached hydrogen (secondary N) is 2. The van der Waals surface area contributed by atoms with Crippen LogP contribution in [0.2, 0.25) is 0 Å². The van der Waals surface area contributed by atoms with Crippen LogP contribution in [0.5, 0.6) is 0 Å². The van der Waals surface area contributed by atoms with Crippen molar-refractivity contribution in [2.45, 2.75) is 39.0 Å². The maximum absolute atomic E-state index is 13.1. The zero-order valence-corrected chi connectivity index (χ0v) is 22.0. The number of fused-ring (bicyclic) bond motifs is 2. The number of hydrogen-bond acceptors (Lipinski definition) is 5. The SMILES string of the molecule is Cc1ccc(CS(=O)(=O)Nc2ccc3c(c2)CCN3C(=O)CCn2c(=O)[nH]c(=O)c3ccccc32)cc1C. The highest BCUT2D eigenvalue weighted by molar-refractivity contribution is 7.91.